The topological polar surface area (TPSA) is 110 Å². The highest BCUT2D eigenvalue weighted by molar-refractivity contribution is 8.00. The maximum absolute atomic E-state index is 12.9. The molecule has 2 aromatic rings. The fraction of sp³-hybridized carbons (Fsp3) is 0.556. The predicted molar refractivity (Wildman–Crippen MR) is 114 cm³/mol. The first-order chi connectivity index (χ1) is 14.4. The van der Waals surface area contributed by atoms with Crippen molar-refractivity contribution >= 4 is 45.0 Å². The smallest absolute Gasteiger partial charge is 0.243 e. The Kier molecular flexibility index (Phi) is 6.33. The number of sulfonamides is 1. The Balaban J connectivity index is 1.47. The standard InChI is InChI=1S/C18H23ClN6O3S2/c1-12(29-18-21-22-23-25(18)13-5-6-13)17(26)20-16-11-14(7-8-15(16)19)30(27,28)24-9-3-2-4-10-24/h7-8,11-13H,2-6,9-10H2,1H3,(H,20,26). The summed E-state index contributed by atoms with van der Waals surface area (Å²) in [5, 5.41) is 14.8. The van der Waals surface area contributed by atoms with Crippen molar-refractivity contribution in [2.24, 2.45) is 0 Å². The zero-order chi connectivity index (χ0) is 21.3. The summed E-state index contributed by atoms with van der Waals surface area (Å²) in [6, 6.07) is 4.71. The van der Waals surface area contributed by atoms with Crippen LogP contribution in [0.5, 0.6) is 0 Å². The van der Waals surface area contributed by atoms with Crippen LogP contribution in [0, 0.1) is 0 Å². The molecule has 1 aromatic heterocycles. The number of benzene rings is 1. The maximum Gasteiger partial charge on any atom is 0.243 e. The van der Waals surface area contributed by atoms with E-state index in [0.29, 0.717) is 24.3 Å². The van der Waals surface area contributed by atoms with Crippen LogP contribution in [0.1, 0.15) is 45.1 Å². The summed E-state index contributed by atoms with van der Waals surface area (Å²) < 4.78 is 29.1. The van der Waals surface area contributed by atoms with Crippen molar-refractivity contribution in [1.82, 2.24) is 24.5 Å². The van der Waals surface area contributed by atoms with Gasteiger partial charge in [0.25, 0.3) is 0 Å². The summed E-state index contributed by atoms with van der Waals surface area (Å²) >= 11 is 7.49. The van der Waals surface area contributed by atoms with Crippen LogP contribution in [0.3, 0.4) is 0 Å². The zero-order valence-electron chi connectivity index (χ0n) is 16.5. The van der Waals surface area contributed by atoms with E-state index >= 15 is 0 Å². The Morgan fingerprint density at radius 2 is 2.00 bits per heavy atom. The van der Waals surface area contributed by atoms with Crippen LogP contribution in [0.4, 0.5) is 5.69 Å². The fourth-order valence-electron chi connectivity index (χ4n) is 3.27. The molecule has 4 rings (SSSR count). The largest absolute Gasteiger partial charge is 0.324 e. The SMILES string of the molecule is CC(Sc1nnnn1C1CC1)C(=O)Nc1cc(S(=O)(=O)N2CCCCC2)ccc1Cl. The summed E-state index contributed by atoms with van der Waals surface area (Å²) in [6.45, 7) is 2.76. The van der Waals surface area contributed by atoms with E-state index in [9.17, 15) is 13.2 Å². The highest BCUT2D eigenvalue weighted by Gasteiger charge is 2.30. The van der Waals surface area contributed by atoms with Crippen LogP contribution in [-0.4, -0.2) is 57.2 Å². The number of rotatable bonds is 7. The van der Waals surface area contributed by atoms with E-state index in [-0.39, 0.29) is 21.5 Å². The number of aromatic nitrogens is 4. The maximum atomic E-state index is 12.9. The van der Waals surface area contributed by atoms with Crippen molar-refractivity contribution in [2.75, 3.05) is 18.4 Å². The van der Waals surface area contributed by atoms with Crippen molar-refractivity contribution in [3.05, 3.63) is 23.2 Å². The van der Waals surface area contributed by atoms with Gasteiger partial charge in [0.2, 0.25) is 21.1 Å². The first-order valence-corrected chi connectivity index (χ1v) is 12.6. The Labute approximate surface area is 184 Å². The average Bonchev–Trinajstić information content (AvgIpc) is 3.48. The van der Waals surface area contributed by atoms with Gasteiger partial charge >= 0.3 is 0 Å². The third-order valence-electron chi connectivity index (χ3n) is 5.16. The lowest BCUT2D eigenvalue weighted by atomic mass is 10.2. The first kappa shape index (κ1) is 21.5. The first-order valence-electron chi connectivity index (χ1n) is 9.91. The minimum absolute atomic E-state index is 0.127. The van der Waals surface area contributed by atoms with Gasteiger partial charge in [-0.2, -0.15) is 4.31 Å². The minimum Gasteiger partial charge on any atom is -0.324 e. The van der Waals surface area contributed by atoms with Crippen molar-refractivity contribution in [1.29, 1.82) is 0 Å². The molecule has 1 N–H and O–H groups in total. The normalized spacial score (nSPS) is 18.9. The number of nitrogens with one attached hydrogen (secondary N) is 1. The van der Waals surface area contributed by atoms with Gasteiger partial charge in [-0.15, -0.1) is 5.10 Å². The molecule has 0 bridgehead atoms. The molecule has 1 unspecified atom stereocenters. The number of anilines is 1. The third kappa shape index (κ3) is 4.63. The summed E-state index contributed by atoms with van der Waals surface area (Å²) in [7, 11) is -3.62. The van der Waals surface area contributed by atoms with Crippen molar-refractivity contribution in [3.63, 3.8) is 0 Å². The molecular formula is C18H23ClN6O3S2. The number of carbonyl (C=O) groups excluding carboxylic acids is 1. The van der Waals surface area contributed by atoms with Gasteiger partial charge in [0, 0.05) is 13.1 Å². The second-order valence-corrected chi connectivity index (χ2v) is 11.1. The van der Waals surface area contributed by atoms with Crippen molar-refractivity contribution < 1.29 is 13.2 Å². The molecular weight excluding hydrogens is 448 g/mol. The molecule has 1 aromatic carbocycles. The van der Waals surface area contributed by atoms with E-state index in [1.807, 2.05) is 0 Å². The number of amides is 1. The molecule has 162 valence electrons. The Bertz CT molecular complexity index is 1030. The quantitative estimate of drug-likeness (QED) is 0.619. The number of nitrogens with zero attached hydrogens (tertiary/aromatic N) is 5. The molecule has 30 heavy (non-hydrogen) atoms. The van der Waals surface area contributed by atoms with Gasteiger partial charge in [-0.05, 0) is 61.2 Å². The van der Waals surface area contributed by atoms with Crippen LogP contribution < -0.4 is 5.32 Å². The van der Waals surface area contributed by atoms with Crippen LogP contribution in [0.25, 0.3) is 0 Å². The van der Waals surface area contributed by atoms with Gasteiger partial charge in [-0.25, -0.2) is 13.1 Å². The van der Waals surface area contributed by atoms with E-state index in [0.717, 1.165) is 32.1 Å². The number of piperidine rings is 1. The molecule has 1 atom stereocenters. The summed E-state index contributed by atoms with van der Waals surface area (Å²) in [4.78, 5) is 12.8. The van der Waals surface area contributed by atoms with Crippen LogP contribution in [-0.2, 0) is 14.8 Å². The van der Waals surface area contributed by atoms with Gasteiger partial charge in [-0.3, -0.25) is 4.79 Å². The molecule has 1 amide bonds. The lowest BCUT2D eigenvalue weighted by molar-refractivity contribution is -0.115. The number of halogens is 1. The monoisotopic (exact) mass is 470 g/mol. The van der Waals surface area contributed by atoms with E-state index in [4.69, 9.17) is 11.6 Å². The molecule has 1 saturated carbocycles. The molecule has 1 aliphatic heterocycles. The summed E-state index contributed by atoms with van der Waals surface area (Å²) in [5.74, 6) is -0.306. The molecule has 12 heteroatoms. The number of hydrogen-bond donors (Lipinski definition) is 1. The molecule has 1 aliphatic carbocycles. The Morgan fingerprint density at radius 3 is 2.70 bits per heavy atom. The summed E-state index contributed by atoms with van der Waals surface area (Å²) in [5.41, 5.74) is 0.272. The van der Waals surface area contributed by atoms with Gasteiger partial charge in [-0.1, -0.05) is 29.8 Å². The zero-order valence-corrected chi connectivity index (χ0v) is 18.9. The fourth-order valence-corrected chi connectivity index (χ4v) is 5.84. The minimum atomic E-state index is -3.62. The lowest BCUT2D eigenvalue weighted by Crippen LogP contribution is -2.35. The Morgan fingerprint density at radius 1 is 1.27 bits per heavy atom. The van der Waals surface area contributed by atoms with Gasteiger partial charge in [0.1, 0.15) is 0 Å². The highest BCUT2D eigenvalue weighted by atomic mass is 35.5. The van der Waals surface area contributed by atoms with Crippen molar-refractivity contribution in [2.45, 2.75) is 60.4 Å². The van der Waals surface area contributed by atoms with E-state index in [1.165, 1.54) is 34.3 Å². The van der Waals surface area contributed by atoms with E-state index < -0.39 is 15.3 Å². The van der Waals surface area contributed by atoms with Crippen LogP contribution >= 0.6 is 23.4 Å². The number of thioether (sulfide) groups is 1. The van der Waals surface area contributed by atoms with Crippen LogP contribution in [0.15, 0.2) is 28.3 Å². The molecule has 2 fully saturated rings. The predicted octanol–water partition coefficient (Wildman–Crippen LogP) is 2.96. The second kappa shape index (κ2) is 8.81. The lowest BCUT2D eigenvalue weighted by Gasteiger charge is -2.26. The van der Waals surface area contributed by atoms with Gasteiger partial charge in [0.05, 0.1) is 26.9 Å². The second-order valence-electron chi connectivity index (χ2n) is 7.49. The van der Waals surface area contributed by atoms with E-state index in [1.54, 1.807) is 11.6 Å². The van der Waals surface area contributed by atoms with Gasteiger partial charge < -0.3 is 5.32 Å². The Hall–Kier alpha value is -1.69. The van der Waals surface area contributed by atoms with Crippen molar-refractivity contribution in [3.8, 4) is 0 Å². The molecule has 0 radical (unpaired) electrons. The molecule has 0 spiro atoms. The van der Waals surface area contributed by atoms with Crippen LogP contribution in [0.2, 0.25) is 5.02 Å². The number of carbonyl (C=O) groups is 1. The highest BCUT2D eigenvalue weighted by Crippen LogP contribution is 2.37. The molecule has 1 saturated heterocycles. The molecule has 2 heterocycles. The molecule has 9 nitrogen and oxygen atoms in total. The van der Waals surface area contributed by atoms with E-state index in [2.05, 4.69) is 20.8 Å². The number of tetrazole rings is 1. The molecule has 2 aliphatic rings. The van der Waals surface area contributed by atoms with Gasteiger partial charge in [0.15, 0.2) is 0 Å². The average molecular weight is 471 g/mol. The number of hydrogen-bond acceptors (Lipinski definition) is 7. The summed E-state index contributed by atoms with van der Waals surface area (Å²) in [6.07, 6.45) is 4.81. The third-order valence-corrected chi connectivity index (χ3v) is 8.43.